The van der Waals surface area contributed by atoms with E-state index in [9.17, 15) is 4.79 Å². The zero-order valence-corrected chi connectivity index (χ0v) is 13.0. The maximum atomic E-state index is 12.3. The van der Waals surface area contributed by atoms with E-state index >= 15 is 0 Å². The molecule has 2 rings (SSSR count). The summed E-state index contributed by atoms with van der Waals surface area (Å²) in [6, 6.07) is 7.00. The SMILES string of the molecule is CC(C)CC(NC(=O)c1ccccc1Cl)c1nccs1. The summed E-state index contributed by atoms with van der Waals surface area (Å²) in [5.74, 6) is 0.312. The lowest BCUT2D eigenvalue weighted by atomic mass is 10.0. The summed E-state index contributed by atoms with van der Waals surface area (Å²) in [6.45, 7) is 4.25. The fourth-order valence-electron chi connectivity index (χ4n) is 1.98. The average Bonchev–Trinajstić information content (AvgIpc) is 2.91. The number of halogens is 1. The smallest absolute Gasteiger partial charge is 0.253 e. The van der Waals surface area contributed by atoms with Crippen LogP contribution in [-0.4, -0.2) is 10.9 Å². The summed E-state index contributed by atoms with van der Waals surface area (Å²) >= 11 is 7.61. The van der Waals surface area contributed by atoms with Gasteiger partial charge in [0, 0.05) is 11.6 Å². The summed E-state index contributed by atoms with van der Waals surface area (Å²) in [5, 5.41) is 6.35. The van der Waals surface area contributed by atoms with Crippen LogP contribution in [0.4, 0.5) is 0 Å². The van der Waals surface area contributed by atoms with Crippen LogP contribution in [-0.2, 0) is 0 Å². The predicted octanol–water partition coefficient (Wildman–Crippen LogP) is 4.31. The van der Waals surface area contributed by atoms with Crippen LogP contribution in [0.2, 0.25) is 5.02 Å². The van der Waals surface area contributed by atoms with Crippen molar-refractivity contribution >= 4 is 28.8 Å². The molecule has 0 saturated heterocycles. The van der Waals surface area contributed by atoms with Crippen LogP contribution in [0.15, 0.2) is 35.8 Å². The maximum absolute atomic E-state index is 12.3. The summed E-state index contributed by atoms with van der Waals surface area (Å²) in [6.07, 6.45) is 2.61. The highest BCUT2D eigenvalue weighted by atomic mass is 35.5. The molecule has 1 heterocycles. The number of carbonyl (C=O) groups is 1. The molecule has 1 amide bonds. The average molecular weight is 309 g/mol. The van der Waals surface area contributed by atoms with Gasteiger partial charge >= 0.3 is 0 Å². The Kier molecular flexibility index (Phi) is 5.15. The van der Waals surface area contributed by atoms with Gasteiger partial charge in [0.1, 0.15) is 5.01 Å². The van der Waals surface area contributed by atoms with E-state index in [4.69, 9.17) is 11.6 Å². The quantitative estimate of drug-likeness (QED) is 0.894. The van der Waals surface area contributed by atoms with Crippen molar-refractivity contribution in [2.75, 3.05) is 0 Å². The number of aromatic nitrogens is 1. The summed E-state index contributed by atoms with van der Waals surface area (Å²) < 4.78 is 0. The number of rotatable bonds is 5. The summed E-state index contributed by atoms with van der Waals surface area (Å²) in [5.41, 5.74) is 0.500. The molecule has 0 radical (unpaired) electrons. The Morgan fingerprint density at radius 2 is 2.15 bits per heavy atom. The van der Waals surface area contributed by atoms with Crippen molar-refractivity contribution in [2.24, 2.45) is 5.92 Å². The molecule has 0 aliphatic heterocycles. The van der Waals surface area contributed by atoms with E-state index in [1.165, 1.54) is 0 Å². The number of hydrogen-bond donors (Lipinski definition) is 1. The van der Waals surface area contributed by atoms with E-state index in [2.05, 4.69) is 24.1 Å². The van der Waals surface area contributed by atoms with E-state index in [0.29, 0.717) is 16.5 Å². The standard InChI is InChI=1S/C15H17ClN2OS/c1-10(2)9-13(15-17-7-8-20-15)18-14(19)11-5-3-4-6-12(11)16/h3-8,10,13H,9H2,1-2H3,(H,18,19). The molecule has 0 spiro atoms. The lowest BCUT2D eigenvalue weighted by Crippen LogP contribution is -2.29. The van der Waals surface area contributed by atoms with Gasteiger partial charge < -0.3 is 5.32 Å². The molecule has 1 aromatic heterocycles. The molecule has 0 aliphatic carbocycles. The first-order valence-corrected chi connectivity index (χ1v) is 7.78. The first kappa shape index (κ1) is 15.0. The summed E-state index contributed by atoms with van der Waals surface area (Å²) in [4.78, 5) is 16.6. The molecular formula is C15H17ClN2OS. The predicted molar refractivity (Wildman–Crippen MR) is 83.2 cm³/mol. The molecule has 3 nitrogen and oxygen atoms in total. The lowest BCUT2D eigenvalue weighted by molar-refractivity contribution is 0.0932. The molecule has 20 heavy (non-hydrogen) atoms. The molecule has 1 atom stereocenters. The molecule has 106 valence electrons. The van der Waals surface area contributed by atoms with Crippen LogP contribution < -0.4 is 5.32 Å². The molecule has 1 N–H and O–H groups in total. The number of nitrogens with one attached hydrogen (secondary N) is 1. The van der Waals surface area contributed by atoms with Gasteiger partial charge in [-0.2, -0.15) is 0 Å². The van der Waals surface area contributed by atoms with Gasteiger partial charge in [-0.05, 0) is 24.5 Å². The van der Waals surface area contributed by atoms with Crippen molar-refractivity contribution in [1.29, 1.82) is 0 Å². The van der Waals surface area contributed by atoms with E-state index in [1.807, 2.05) is 17.5 Å². The first-order valence-electron chi connectivity index (χ1n) is 6.52. The molecule has 0 bridgehead atoms. The number of benzene rings is 1. The molecule has 1 aromatic carbocycles. The highest BCUT2D eigenvalue weighted by molar-refractivity contribution is 7.09. The van der Waals surface area contributed by atoms with Crippen molar-refractivity contribution in [1.82, 2.24) is 10.3 Å². The molecule has 1 unspecified atom stereocenters. The third-order valence-electron chi connectivity index (χ3n) is 2.88. The zero-order valence-electron chi connectivity index (χ0n) is 11.5. The first-order chi connectivity index (χ1) is 9.58. The van der Waals surface area contributed by atoms with Crippen LogP contribution in [0, 0.1) is 5.92 Å². The number of nitrogens with zero attached hydrogens (tertiary/aromatic N) is 1. The van der Waals surface area contributed by atoms with Crippen molar-refractivity contribution < 1.29 is 4.79 Å². The van der Waals surface area contributed by atoms with Crippen molar-refractivity contribution in [3.63, 3.8) is 0 Å². The Morgan fingerprint density at radius 3 is 2.75 bits per heavy atom. The van der Waals surface area contributed by atoms with Crippen molar-refractivity contribution in [2.45, 2.75) is 26.3 Å². The van der Waals surface area contributed by atoms with Gasteiger partial charge in [-0.25, -0.2) is 4.98 Å². The van der Waals surface area contributed by atoms with Crippen LogP contribution in [0.3, 0.4) is 0 Å². The van der Waals surface area contributed by atoms with Crippen LogP contribution in [0.25, 0.3) is 0 Å². The van der Waals surface area contributed by atoms with Gasteiger partial charge in [0.2, 0.25) is 0 Å². The lowest BCUT2D eigenvalue weighted by Gasteiger charge is -2.19. The van der Waals surface area contributed by atoms with Gasteiger partial charge in [-0.15, -0.1) is 11.3 Å². The van der Waals surface area contributed by atoms with E-state index in [1.54, 1.807) is 29.7 Å². The molecular weight excluding hydrogens is 292 g/mol. The Balaban J connectivity index is 2.16. The molecule has 0 aliphatic rings. The normalized spacial score (nSPS) is 12.4. The fraction of sp³-hybridized carbons (Fsp3) is 0.333. The Morgan fingerprint density at radius 1 is 1.40 bits per heavy atom. The summed E-state index contributed by atoms with van der Waals surface area (Å²) in [7, 11) is 0. The van der Waals surface area contributed by atoms with Crippen LogP contribution in [0.1, 0.15) is 41.7 Å². The minimum atomic E-state index is -0.156. The Hall–Kier alpha value is -1.39. The Labute approximate surface area is 128 Å². The third-order valence-corrected chi connectivity index (χ3v) is 4.10. The second kappa shape index (κ2) is 6.86. The Bertz CT molecular complexity index is 569. The zero-order chi connectivity index (χ0) is 14.5. The number of amides is 1. The minimum Gasteiger partial charge on any atom is -0.343 e. The largest absolute Gasteiger partial charge is 0.343 e. The van der Waals surface area contributed by atoms with Crippen LogP contribution >= 0.6 is 22.9 Å². The molecule has 0 saturated carbocycles. The molecule has 5 heteroatoms. The van der Waals surface area contributed by atoms with Gasteiger partial charge in [-0.3, -0.25) is 4.79 Å². The van der Waals surface area contributed by atoms with Gasteiger partial charge in [0.05, 0.1) is 16.6 Å². The van der Waals surface area contributed by atoms with Gasteiger partial charge in [0.15, 0.2) is 0 Å². The number of thiazole rings is 1. The second-order valence-corrected chi connectivity index (χ2v) is 6.34. The van der Waals surface area contributed by atoms with E-state index in [0.717, 1.165) is 11.4 Å². The third kappa shape index (κ3) is 3.81. The van der Waals surface area contributed by atoms with E-state index in [-0.39, 0.29) is 11.9 Å². The van der Waals surface area contributed by atoms with Crippen molar-refractivity contribution in [3.05, 3.63) is 51.4 Å². The topological polar surface area (TPSA) is 42.0 Å². The van der Waals surface area contributed by atoms with Crippen LogP contribution in [0.5, 0.6) is 0 Å². The second-order valence-electron chi connectivity index (χ2n) is 5.01. The van der Waals surface area contributed by atoms with E-state index < -0.39 is 0 Å². The van der Waals surface area contributed by atoms with Gasteiger partial charge in [0.25, 0.3) is 5.91 Å². The number of carbonyl (C=O) groups excluding carboxylic acids is 1. The fourth-order valence-corrected chi connectivity index (χ4v) is 2.90. The molecule has 0 fully saturated rings. The minimum absolute atomic E-state index is 0.0706. The molecule has 2 aromatic rings. The monoisotopic (exact) mass is 308 g/mol. The number of hydrogen-bond acceptors (Lipinski definition) is 3. The highest BCUT2D eigenvalue weighted by Gasteiger charge is 2.20. The van der Waals surface area contributed by atoms with Gasteiger partial charge in [-0.1, -0.05) is 37.6 Å². The maximum Gasteiger partial charge on any atom is 0.253 e. The van der Waals surface area contributed by atoms with Crippen molar-refractivity contribution in [3.8, 4) is 0 Å². The highest BCUT2D eigenvalue weighted by Crippen LogP contribution is 2.24.